The molecule has 11 nitrogen and oxygen atoms in total. The molecule has 0 radical (unpaired) electrons. The zero-order chi connectivity index (χ0) is 23.9. The lowest BCUT2D eigenvalue weighted by atomic mass is 10.1. The van der Waals surface area contributed by atoms with E-state index in [0.717, 1.165) is 19.0 Å². The van der Waals surface area contributed by atoms with E-state index in [9.17, 15) is 18.0 Å². The topological polar surface area (TPSA) is 126 Å². The molecule has 3 aromatic heterocycles. The maximum Gasteiger partial charge on any atom is 0.434 e. The quantitative estimate of drug-likeness (QED) is 0.455. The first-order valence-electron chi connectivity index (χ1n) is 10.1. The van der Waals surface area contributed by atoms with Gasteiger partial charge in [-0.1, -0.05) is 12.1 Å². The van der Waals surface area contributed by atoms with E-state index >= 15 is 0 Å². The number of alkyl halides is 3. The Morgan fingerprint density at radius 3 is 2.65 bits per heavy atom. The van der Waals surface area contributed by atoms with Crippen LogP contribution in [0.2, 0.25) is 0 Å². The van der Waals surface area contributed by atoms with Crippen LogP contribution in [-0.4, -0.2) is 53.2 Å². The molecule has 4 aromatic rings. The second kappa shape index (κ2) is 8.20. The molecule has 1 amide bonds. The Bertz CT molecular complexity index is 1340. The van der Waals surface area contributed by atoms with E-state index in [1.807, 2.05) is 0 Å². The van der Waals surface area contributed by atoms with Crippen LogP contribution in [0, 0.1) is 0 Å². The van der Waals surface area contributed by atoms with Gasteiger partial charge in [-0.2, -0.15) is 18.3 Å². The van der Waals surface area contributed by atoms with E-state index in [2.05, 4.69) is 36.1 Å². The van der Waals surface area contributed by atoms with Gasteiger partial charge in [0.05, 0.1) is 24.9 Å². The highest BCUT2D eigenvalue weighted by atomic mass is 19.4. The van der Waals surface area contributed by atoms with Crippen LogP contribution in [0.3, 0.4) is 0 Å². The molecule has 1 aliphatic rings. The van der Waals surface area contributed by atoms with Crippen LogP contribution in [0.4, 0.5) is 18.9 Å². The molecule has 5 rings (SSSR count). The number of tetrazole rings is 1. The van der Waals surface area contributed by atoms with Crippen molar-refractivity contribution in [2.24, 2.45) is 0 Å². The largest absolute Gasteiger partial charge is 0.480 e. The number of amides is 1. The maximum absolute atomic E-state index is 13.9. The van der Waals surface area contributed by atoms with Crippen molar-refractivity contribution in [2.75, 3.05) is 12.4 Å². The van der Waals surface area contributed by atoms with Crippen molar-refractivity contribution >= 4 is 11.6 Å². The lowest BCUT2D eigenvalue weighted by Gasteiger charge is -2.12. The van der Waals surface area contributed by atoms with E-state index in [0.29, 0.717) is 16.1 Å². The Kier molecular flexibility index (Phi) is 5.18. The summed E-state index contributed by atoms with van der Waals surface area (Å²) in [5.74, 6) is -0.574. The molecule has 1 aromatic carbocycles. The van der Waals surface area contributed by atoms with Crippen LogP contribution in [0.5, 0.6) is 5.88 Å². The van der Waals surface area contributed by atoms with Gasteiger partial charge in [-0.15, -0.1) is 15.3 Å². The second-order valence-corrected chi connectivity index (χ2v) is 7.46. The van der Waals surface area contributed by atoms with Crippen LogP contribution in [0.1, 0.15) is 34.9 Å². The van der Waals surface area contributed by atoms with Gasteiger partial charge in [-0.3, -0.25) is 4.79 Å². The number of hydrogen-bond donors (Lipinski definition) is 1. The number of anilines is 1. The number of nitrogens with one attached hydrogen (secondary N) is 1. The predicted octanol–water partition coefficient (Wildman–Crippen LogP) is 2.93. The first-order valence-corrected chi connectivity index (χ1v) is 10.1. The van der Waals surface area contributed by atoms with Gasteiger partial charge in [0.2, 0.25) is 5.88 Å². The minimum absolute atomic E-state index is 0.120. The van der Waals surface area contributed by atoms with Crippen molar-refractivity contribution in [3.05, 3.63) is 53.9 Å². The molecule has 174 valence electrons. The molecule has 34 heavy (non-hydrogen) atoms. The minimum atomic E-state index is -4.89. The summed E-state index contributed by atoms with van der Waals surface area (Å²) in [6.45, 7) is 0. The summed E-state index contributed by atoms with van der Waals surface area (Å²) in [4.78, 5) is 12.8. The first kappa shape index (κ1) is 21.5. The molecular formula is C20H16F3N9O2. The molecule has 3 heterocycles. The normalized spacial score (nSPS) is 13.6. The van der Waals surface area contributed by atoms with Crippen molar-refractivity contribution in [3.63, 3.8) is 0 Å². The number of methoxy groups -OCH3 is 1. The number of aromatic nitrogens is 8. The molecule has 0 spiro atoms. The smallest absolute Gasteiger partial charge is 0.434 e. The van der Waals surface area contributed by atoms with E-state index in [1.165, 1.54) is 19.2 Å². The first-order chi connectivity index (χ1) is 16.3. The highest BCUT2D eigenvalue weighted by Crippen LogP contribution is 2.37. The van der Waals surface area contributed by atoms with Crippen LogP contribution >= 0.6 is 0 Å². The molecule has 0 aliphatic heterocycles. The number of nitrogens with zero attached hydrogens (tertiary/aromatic N) is 8. The Balaban J connectivity index is 1.45. The number of carbonyl (C=O) groups excluding carboxylic acids is 1. The second-order valence-electron chi connectivity index (χ2n) is 7.46. The molecule has 1 N–H and O–H groups in total. The molecule has 1 fully saturated rings. The number of hydrogen-bond acceptors (Lipinski definition) is 8. The molecule has 0 atom stereocenters. The van der Waals surface area contributed by atoms with Gasteiger partial charge in [0.15, 0.2) is 17.3 Å². The standard InChI is InChI=1S/C20H16F3N9O2/c1-34-16-8-7-15(26-27-16)32-17(20(21,22)23)14(10-24-32)19(33)25-12-4-2-3-11(9-12)18-28-29-30-31(18)13-5-6-13/h2-4,7-10,13H,5-6H2,1H3,(H,25,33). The predicted molar refractivity (Wildman–Crippen MR) is 110 cm³/mol. The number of ether oxygens (including phenoxy) is 1. The third-order valence-corrected chi connectivity index (χ3v) is 5.10. The van der Waals surface area contributed by atoms with Gasteiger partial charge in [0.25, 0.3) is 5.91 Å². The zero-order valence-electron chi connectivity index (χ0n) is 17.6. The monoisotopic (exact) mass is 471 g/mol. The van der Waals surface area contributed by atoms with Crippen molar-refractivity contribution in [2.45, 2.75) is 25.1 Å². The lowest BCUT2D eigenvalue weighted by molar-refractivity contribution is -0.143. The van der Waals surface area contributed by atoms with Gasteiger partial charge < -0.3 is 10.1 Å². The van der Waals surface area contributed by atoms with Gasteiger partial charge in [-0.05, 0) is 41.5 Å². The Labute approximate surface area is 189 Å². The summed E-state index contributed by atoms with van der Waals surface area (Å²) in [5.41, 5.74) is -1.05. The SMILES string of the molecule is COc1ccc(-n2ncc(C(=O)Nc3cccc(-c4nnnn4C4CC4)c3)c2C(F)(F)F)nn1. The van der Waals surface area contributed by atoms with Gasteiger partial charge in [-0.25, -0.2) is 9.36 Å². The van der Waals surface area contributed by atoms with Crippen molar-refractivity contribution < 1.29 is 22.7 Å². The highest BCUT2D eigenvalue weighted by molar-refractivity contribution is 6.05. The summed E-state index contributed by atoms with van der Waals surface area (Å²) in [6, 6.07) is 9.37. The fourth-order valence-corrected chi connectivity index (χ4v) is 3.38. The number of carbonyl (C=O) groups is 1. The third-order valence-electron chi connectivity index (χ3n) is 5.10. The average molecular weight is 471 g/mol. The van der Waals surface area contributed by atoms with E-state index in [1.54, 1.807) is 28.9 Å². The lowest BCUT2D eigenvalue weighted by Crippen LogP contribution is -2.21. The summed E-state index contributed by atoms with van der Waals surface area (Å²) < 4.78 is 48.8. The molecular weight excluding hydrogens is 455 g/mol. The Morgan fingerprint density at radius 2 is 1.97 bits per heavy atom. The summed E-state index contributed by atoms with van der Waals surface area (Å²) in [5, 5.41) is 25.3. The summed E-state index contributed by atoms with van der Waals surface area (Å²) in [6.07, 6.45) is -2.12. The van der Waals surface area contributed by atoms with Crippen molar-refractivity contribution in [1.29, 1.82) is 0 Å². The summed E-state index contributed by atoms with van der Waals surface area (Å²) in [7, 11) is 1.35. The Hall–Kier alpha value is -4.36. The maximum atomic E-state index is 13.9. The number of benzene rings is 1. The van der Waals surface area contributed by atoms with Crippen molar-refractivity contribution in [3.8, 4) is 23.1 Å². The van der Waals surface area contributed by atoms with Crippen LogP contribution in [0.25, 0.3) is 17.2 Å². The number of rotatable bonds is 6. The fraction of sp³-hybridized carbons (Fsp3) is 0.250. The van der Waals surface area contributed by atoms with E-state index < -0.39 is 23.3 Å². The average Bonchev–Trinajstić information content (AvgIpc) is 3.36. The van der Waals surface area contributed by atoms with E-state index in [4.69, 9.17) is 4.74 Å². The van der Waals surface area contributed by atoms with E-state index in [-0.39, 0.29) is 23.4 Å². The molecule has 14 heteroatoms. The minimum Gasteiger partial charge on any atom is -0.480 e. The third kappa shape index (κ3) is 4.04. The summed E-state index contributed by atoms with van der Waals surface area (Å²) >= 11 is 0. The van der Waals surface area contributed by atoms with Crippen LogP contribution < -0.4 is 10.1 Å². The number of halogens is 3. The molecule has 1 saturated carbocycles. The van der Waals surface area contributed by atoms with Crippen LogP contribution in [0.15, 0.2) is 42.6 Å². The van der Waals surface area contributed by atoms with Crippen molar-refractivity contribution in [1.82, 2.24) is 40.2 Å². The molecule has 0 saturated heterocycles. The molecule has 1 aliphatic carbocycles. The Morgan fingerprint density at radius 1 is 1.15 bits per heavy atom. The van der Waals surface area contributed by atoms with Gasteiger partial charge in [0.1, 0.15) is 0 Å². The highest BCUT2D eigenvalue weighted by Gasteiger charge is 2.41. The molecule has 0 bridgehead atoms. The van der Waals surface area contributed by atoms with Gasteiger partial charge in [0, 0.05) is 17.3 Å². The van der Waals surface area contributed by atoms with Gasteiger partial charge >= 0.3 is 6.18 Å². The molecule has 0 unspecified atom stereocenters. The zero-order valence-corrected chi connectivity index (χ0v) is 17.6. The van der Waals surface area contributed by atoms with Crippen LogP contribution in [-0.2, 0) is 6.18 Å². The fourth-order valence-electron chi connectivity index (χ4n) is 3.38.